The summed E-state index contributed by atoms with van der Waals surface area (Å²) in [5, 5.41) is 18.4. The Bertz CT molecular complexity index is 538. The highest BCUT2D eigenvalue weighted by Gasteiger charge is 2.19. The number of rotatable bonds is 8. The molecule has 0 aromatic carbocycles. The van der Waals surface area contributed by atoms with E-state index in [-0.39, 0.29) is 17.8 Å². The average Bonchev–Trinajstić information content (AvgIpc) is 2.56. The van der Waals surface area contributed by atoms with Crippen molar-refractivity contribution in [2.24, 2.45) is 0 Å². The van der Waals surface area contributed by atoms with Gasteiger partial charge in [0.05, 0.1) is 26.0 Å². The summed E-state index contributed by atoms with van der Waals surface area (Å²) in [6.45, 7) is 1.95. The van der Waals surface area contributed by atoms with Gasteiger partial charge in [-0.3, -0.25) is 9.69 Å². The Labute approximate surface area is 137 Å². The predicted octanol–water partition coefficient (Wildman–Crippen LogP) is 1.33. The number of aliphatic hydroxyl groups excluding tert-OH is 1. The summed E-state index contributed by atoms with van der Waals surface area (Å²) < 4.78 is 7.16. The molecule has 0 spiro atoms. The topological polar surface area (TPSA) is 74.9 Å². The maximum absolute atomic E-state index is 11.8. The number of pyridine rings is 1. The van der Waals surface area contributed by atoms with Crippen molar-refractivity contribution >= 4 is 0 Å². The summed E-state index contributed by atoms with van der Waals surface area (Å²) >= 11 is 0. The molecule has 0 bridgehead atoms. The summed E-state index contributed by atoms with van der Waals surface area (Å²) in [5.41, 5.74) is 0.540. The largest absolute Gasteiger partial charge is 0.503 e. The molecule has 1 aliphatic carbocycles. The lowest BCUT2D eigenvalue weighted by Gasteiger charge is -2.31. The van der Waals surface area contributed by atoms with Gasteiger partial charge in [0.25, 0.3) is 0 Å². The molecule has 1 aromatic heterocycles. The van der Waals surface area contributed by atoms with Crippen molar-refractivity contribution in [3.05, 3.63) is 28.2 Å². The Morgan fingerprint density at radius 3 is 2.74 bits per heavy atom. The first-order valence-electron chi connectivity index (χ1n) is 8.43. The molecule has 1 aromatic rings. The molecule has 2 rings (SSSR count). The third-order valence-corrected chi connectivity index (χ3v) is 4.52. The molecule has 6 heteroatoms. The molecule has 0 saturated heterocycles. The van der Waals surface area contributed by atoms with E-state index in [1.54, 1.807) is 0 Å². The van der Waals surface area contributed by atoms with Gasteiger partial charge in [-0.15, -0.1) is 0 Å². The van der Waals surface area contributed by atoms with Crippen molar-refractivity contribution in [3.8, 4) is 5.75 Å². The molecule has 0 atom stereocenters. The van der Waals surface area contributed by atoms with Crippen LogP contribution >= 0.6 is 0 Å². The van der Waals surface area contributed by atoms with Crippen molar-refractivity contribution in [3.63, 3.8) is 0 Å². The Kier molecular flexibility index (Phi) is 7.08. The fourth-order valence-electron chi connectivity index (χ4n) is 3.18. The maximum atomic E-state index is 11.8. The highest BCUT2D eigenvalue weighted by Crippen LogP contribution is 2.22. The van der Waals surface area contributed by atoms with Crippen molar-refractivity contribution < 1.29 is 14.9 Å². The minimum atomic E-state index is -0.343. The first-order valence-corrected chi connectivity index (χ1v) is 8.43. The van der Waals surface area contributed by atoms with Crippen molar-refractivity contribution in [1.29, 1.82) is 0 Å². The second-order valence-corrected chi connectivity index (χ2v) is 6.25. The normalized spacial score (nSPS) is 16.1. The molecule has 0 radical (unpaired) electrons. The van der Waals surface area contributed by atoms with Crippen LogP contribution in [0.15, 0.2) is 17.1 Å². The zero-order chi connectivity index (χ0) is 16.7. The number of aromatic hydroxyl groups is 1. The lowest BCUT2D eigenvalue weighted by Crippen LogP contribution is -2.34. The van der Waals surface area contributed by atoms with Crippen LogP contribution in [0.5, 0.6) is 5.75 Å². The Balaban J connectivity index is 2.05. The average molecular weight is 324 g/mol. The van der Waals surface area contributed by atoms with Crippen LogP contribution in [0.3, 0.4) is 0 Å². The van der Waals surface area contributed by atoms with E-state index in [4.69, 9.17) is 9.84 Å². The Morgan fingerprint density at radius 1 is 1.30 bits per heavy atom. The minimum absolute atomic E-state index is 0.00725. The number of aliphatic hydroxyl groups is 1. The van der Waals surface area contributed by atoms with E-state index < -0.39 is 0 Å². The molecule has 130 valence electrons. The SMILES string of the molecule is CN(Cc1cc(=O)c(O)cn1CCOCCO)C1CCCCC1. The Morgan fingerprint density at radius 2 is 2.04 bits per heavy atom. The maximum Gasteiger partial charge on any atom is 0.223 e. The second-order valence-electron chi connectivity index (χ2n) is 6.25. The standard InChI is InChI=1S/C17H28N2O4/c1-18(14-5-3-2-4-6-14)12-15-11-16(21)17(22)13-19(15)7-9-23-10-8-20/h11,13-14,20,22H,2-10,12H2,1H3. The van der Waals surface area contributed by atoms with E-state index in [0.717, 1.165) is 5.69 Å². The van der Waals surface area contributed by atoms with E-state index in [0.29, 0.717) is 32.3 Å². The molecule has 1 fully saturated rings. The van der Waals surface area contributed by atoms with Crippen molar-refractivity contribution in [1.82, 2.24) is 9.47 Å². The molecule has 1 saturated carbocycles. The summed E-state index contributed by atoms with van der Waals surface area (Å²) in [5.74, 6) is -0.240. The highest BCUT2D eigenvalue weighted by atomic mass is 16.5. The van der Waals surface area contributed by atoms with E-state index >= 15 is 0 Å². The molecule has 0 amide bonds. The lowest BCUT2D eigenvalue weighted by molar-refractivity contribution is 0.0858. The van der Waals surface area contributed by atoms with E-state index in [1.165, 1.54) is 44.4 Å². The van der Waals surface area contributed by atoms with E-state index in [2.05, 4.69) is 11.9 Å². The van der Waals surface area contributed by atoms with Gasteiger partial charge in [-0.1, -0.05) is 19.3 Å². The van der Waals surface area contributed by atoms with Crippen LogP contribution in [0, 0.1) is 0 Å². The Hall–Kier alpha value is -1.37. The number of hydrogen-bond acceptors (Lipinski definition) is 5. The van der Waals surface area contributed by atoms with Crippen molar-refractivity contribution in [2.45, 2.75) is 51.2 Å². The summed E-state index contributed by atoms with van der Waals surface area (Å²) in [6, 6.07) is 2.08. The lowest BCUT2D eigenvalue weighted by atomic mass is 9.94. The third-order valence-electron chi connectivity index (χ3n) is 4.52. The van der Waals surface area contributed by atoms with Gasteiger partial charge in [-0.2, -0.15) is 0 Å². The molecule has 23 heavy (non-hydrogen) atoms. The van der Waals surface area contributed by atoms with Gasteiger partial charge in [-0.05, 0) is 19.9 Å². The predicted molar refractivity (Wildman–Crippen MR) is 88.6 cm³/mol. The molecule has 1 aliphatic rings. The first kappa shape index (κ1) is 18.0. The fourth-order valence-corrected chi connectivity index (χ4v) is 3.18. The van der Waals surface area contributed by atoms with Crippen LogP contribution < -0.4 is 5.43 Å². The van der Waals surface area contributed by atoms with E-state index in [9.17, 15) is 9.90 Å². The minimum Gasteiger partial charge on any atom is -0.503 e. The summed E-state index contributed by atoms with van der Waals surface area (Å²) in [7, 11) is 2.10. The van der Waals surface area contributed by atoms with Gasteiger partial charge < -0.3 is 19.5 Å². The summed E-state index contributed by atoms with van der Waals surface area (Å²) in [6.07, 6.45) is 7.75. The number of nitrogens with zero attached hydrogens (tertiary/aromatic N) is 2. The summed E-state index contributed by atoms with van der Waals surface area (Å²) in [4.78, 5) is 14.1. The molecule has 0 aliphatic heterocycles. The van der Waals surface area contributed by atoms with Crippen LogP contribution in [0.2, 0.25) is 0 Å². The second kappa shape index (κ2) is 9.05. The van der Waals surface area contributed by atoms with Crippen LogP contribution in [0.25, 0.3) is 0 Å². The third kappa shape index (κ3) is 5.34. The fraction of sp³-hybridized carbons (Fsp3) is 0.706. The molecule has 2 N–H and O–H groups in total. The van der Waals surface area contributed by atoms with Crippen LogP contribution in [-0.2, 0) is 17.8 Å². The highest BCUT2D eigenvalue weighted by molar-refractivity contribution is 5.20. The van der Waals surface area contributed by atoms with Crippen LogP contribution in [0.4, 0.5) is 0 Å². The van der Waals surface area contributed by atoms with Crippen LogP contribution in [-0.4, -0.2) is 52.6 Å². The van der Waals surface area contributed by atoms with Gasteiger partial charge in [0, 0.05) is 30.9 Å². The van der Waals surface area contributed by atoms with Gasteiger partial charge in [0.2, 0.25) is 5.43 Å². The van der Waals surface area contributed by atoms with Crippen molar-refractivity contribution in [2.75, 3.05) is 26.9 Å². The quantitative estimate of drug-likeness (QED) is 0.706. The monoisotopic (exact) mass is 324 g/mol. The van der Waals surface area contributed by atoms with E-state index in [1.807, 2.05) is 4.57 Å². The zero-order valence-electron chi connectivity index (χ0n) is 13.9. The molecule has 0 unspecified atom stereocenters. The first-order chi connectivity index (χ1) is 11.1. The number of ether oxygens (including phenoxy) is 1. The smallest absolute Gasteiger partial charge is 0.223 e. The molecule has 1 heterocycles. The molecule has 6 nitrogen and oxygen atoms in total. The van der Waals surface area contributed by atoms with Gasteiger partial charge in [0.15, 0.2) is 5.75 Å². The van der Waals surface area contributed by atoms with Gasteiger partial charge in [-0.25, -0.2) is 0 Å². The zero-order valence-corrected chi connectivity index (χ0v) is 13.9. The van der Waals surface area contributed by atoms with Gasteiger partial charge in [0.1, 0.15) is 0 Å². The molecular weight excluding hydrogens is 296 g/mol. The van der Waals surface area contributed by atoms with Crippen LogP contribution in [0.1, 0.15) is 37.8 Å². The van der Waals surface area contributed by atoms with Gasteiger partial charge >= 0.3 is 0 Å². The molecular formula is C17H28N2O4. The number of aromatic nitrogens is 1. The number of hydrogen-bond donors (Lipinski definition) is 2.